The molecule has 0 spiro atoms. The van der Waals surface area contributed by atoms with Crippen LogP contribution in [0.1, 0.15) is 26.5 Å². The lowest BCUT2D eigenvalue weighted by atomic mass is 10.1. The number of aromatic nitrogens is 3. The molecule has 0 amide bonds. The van der Waals surface area contributed by atoms with Gasteiger partial charge in [0.15, 0.2) is 28.7 Å². The number of esters is 2. The van der Waals surface area contributed by atoms with Crippen molar-refractivity contribution < 1.29 is 60.9 Å². The lowest BCUT2D eigenvalue weighted by Gasteiger charge is -2.17. The molecular formula is C33H27N3O13S2. The smallest absolute Gasteiger partial charge is 0.365 e. The second-order valence-corrected chi connectivity index (χ2v) is 12.7. The average molecular weight is 738 g/mol. The second-order valence-electron chi connectivity index (χ2n) is 10.5. The van der Waals surface area contributed by atoms with Gasteiger partial charge in [0.05, 0.1) is 31.2 Å². The van der Waals surface area contributed by atoms with E-state index in [1.165, 1.54) is 30.9 Å². The van der Waals surface area contributed by atoms with Gasteiger partial charge >= 0.3 is 11.9 Å². The molecule has 0 saturated carbocycles. The zero-order valence-corrected chi connectivity index (χ0v) is 28.3. The Labute approximate surface area is 294 Å². The van der Waals surface area contributed by atoms with Crippen LogP contribution in [0.15, 0.2) is 88.7 Å². The third kappa shape index (κ3) is 7.50. The molecule has 0 unspecified atom stereocenters. The number of carbonyl (C=O) groups excluding carboxylic acids is 2. The number of ether oxygens (including phenoxy) is 5. The van der Waals surface area contributed by atoms with Crippen LogP contribution in [0.2, 0.25) is 0 Å². The Kier molecular flexibility index (Phi) is 10.5. The van der Waals surface area contributed by atoms with E-state index in [4.69, 9.17) is 28.9 Å². The summed E-state index contributed by atoms with van der Waals surface area (Å²) < 4.78 is 67.2. The van der Waals surface area contributed by atoms with Gasteiger partial charge in [-0.25, -0.2) is 14.8 Å². The van der Waals surface area contributed by atoms with Crippen LogP contribution in [0.5, 0.6) is 23.3 Å². The van der Waals surface area contributed by atoms with Gasteiger partial charge in [0.1, 0.15) is 18.8 Å². The Morgan fingerprint density at radius 2 is 1.47 bits per heavy atom. The first-order valence-corrected chi connectivity index (χ1v) is 17.0. The summed E-state index contributed by atoms with van der Waals surface area (Å²) in [5.41, 5.74) is 1.22. The third-order valence-corrected chi connectivity index (χ3v) is 8.91. The van der Waals surface area contributed by atoms with Crippen LogP contribution in [0, 0.1) is 0 Å². The number of hydrogen-bond donors (Lipinski definition) is 2. The van der Waals surface area contributed by atoms with Gasteiger partial charge in [-0.15, -0.1) is 4.33 Å². The maximum atomic E-state index is 14.4. The zero-order chi connectivity index (χ0) is 36.1. The molecule has 1 aliphatic rings. The Morgan fingerprint density at radius 3 is 2.06 bits per heavy atom. The largest absolute Gasteiger partial charge is 0.484 e. The second kappa shape index (κ2) is 15.2. The van der Waals surface area contributed by atoms with Crippen molar-refractivity contribution in [3.63, 3.8) is 0 Å². The number of fused-ring (bicyclic) bond motifs is 1. The van der Waals surface area contributed by atoms with Crippen LogP contribution in [0.4, 0.5) is 0 Å². The molecular weight excluding hydrogens is 711 g/mol. The molecule has 18 heteroatoms. The Morgan fingerprint density at radius 1 is 0.843 bits per heavy atom. The lowest BCUT2D eigenvalue weighted by Crippen LogP contribution is -2.21. The number of benzene rings is 3. The molecule has 0 bridgehead atoms. The van der Waals surface area contributed by atoms with E-state index < -0.39 is 22.1 Å². The summed E-state index contributed by atoms with van der Waals surface area (Å²) in [6.45, 7) is 0.0758. The van der Waals surface area contributed by atoms with Gasteiger partial charge in [-0.3, -0.25) is 4.55 Å². The maximum absolute atomic E-state index is 14.4. The fraction of sp³-hybridized carbons (Fsp3) is 0.152. The van der Waals surface area contributed by atoms with Gasteiger partial charge < -0.3 is 28.3 Å². The van der Waals surface area contributed by atoms with E-state index in [0.717, 1.165) is 24.2 Å². The summed E-state index contributed by atoms with van der Waals surface area (Å²) in [6.07, 6.45) is 0. The molecule has 3 heterocycles. The van der Waals surface area contributed by atoms with Gasteiger partial charge in [-0.05, 0) is 35.4 Å². The molecule has 0 fully saturated rings. The lowest BCUT2D eigenvalue weighted by molar-refractivity contribution is -0.432. The molecule has 6 rings (SSSR count). The predicted octanol–water partition coefficient (Wildman–Crippen LogP) is 5.12. The molecule has 2 aromatic heterocycles. The maximum Gasteiger partial charge on any atom is 0.365 e. The van der Waals surface area contributed by atoms with E-state index >= 15 is 0 Å². The summed E-state index contributed by atoms with van der Waals surface area (Å²) >= 11 is 0.751. The van der Waals surface area contributed by atoms with Gasteiger partial charge in [0, 0.05) is 17.0 Å². The van der Waals surface area contributed by atoms with E-state index in [-0.39, 0.29) is 76.3 Å². The molecule has 0 aliphatic carbocycles. The quantitative estimate of drug-likeness (QED) is 0.0561. The van der Waals surface area contributed by atoms with Crippen LogP contribution < -0.4 is 18.9 Å². The molecule has 0 saturated heterocycles. The highest BCUT2D eigenvalue weighted by Gasteiger charge is 2.37. The molecule has 0 radical (unpaired) electrons. The summed E-state index contributed by atoms with van der Waals surface area (Å²) in [5.74, 6) is -2.08. The number of carbonyl (C=O) groups is 2. The molecule has 16 nitrogen and oxygen atoms in total. The molecule has 5 aromatic rings. The molecule has 2 N–H and O–H groups in total. The van der Waals surface area contributed by atoms with Crippen molar-refractivity contribution in [2.75, 3.05) is 27.4 Å². The van der Waals surface area contributed by atoms with E-state index in [1.807, 2.05) is 0 Å². The molecule has 264 valence electrons. The minimum atomic E-state index is -4.52. The summed E-state index contributed by atoms with van der Waals surface area (Å²) in [7, 11) is -1.99. The van der Waals surface area contributed by atoms with E-state index in [2.05, 4.69) is 19.3 Å². The number of methoxy groups -OCH3 is 2. The minimum Gasteiger partial charge on any atom is -0.484 e. The number of rotatable bonds is 12. The van der Waals surface area contributed by atoms with Crippen LogP contribution in [0.3, 0.4) is 0 Å². The Balaban J connectivity index is 1.50. The molecule has 3 aromatic carbocycles. The van der Waals surface area contributed by atoms with Gasteiger partial charge in [-0.1, -0.05) is 59.6 Å². The standard InChI is InChI=1S/C33H27N3O13S2/c1-43-30-24(20-10-14-23(15-11-20)51(40,41)42)31(35-29(34-30)21-6-4-3-5-7-21)47-33(38)26-28-27(45-16-17-46-28)25(32(37)44-2)36(26)18-19-8-12-22(13-9-19)50-49-48-39/h3-15,39H,16-18H2,1-2H3,(H,40,41,42). The first-order valence-electron chi connectivity index (χ1n) is 14.8. The van der Waals surface area contributed by atoms with Gasteiger partial charge in [0.2, 0.25) is 11.8 Å². The van der Waals surface area contributed by atoms with Crippen molar-refractivity contribution in [1.82, 2.24) is 14.5 Å². The van der Waals surface area contributed by atoms with E-state index in [1.54, 1.807) is 54.6 Å². The highest BCUT2D eigenvalue weighted by molar-refractivity contribution is 7.94. The Hall–Kier alpha value is -5.50. The summed E-state index contributed by atoms with van der Waals surface area (Å²) in [5, 5.41) is 12.1. The highest BCUT2D eigenvalue weighted by atomic mass is 32.2. The normalized spacial score (nSPS) is 12.3. The summed E-state index contributed by atoms with van der Waals surface area (Å²) in [4.78, 5) is 36.9. The summed E-state index contributed by atoms with van der Waals surface area (Å²) in [6, 6.07) is 20.5. The third-order valence-electron chi connectivity index (χ3n) is 7.45. The first kappa shape index (κ1) is 35.3. The first-order chi connectivity index (χ1) is 24.6. The monoisotopic (exact) mass is 737 g/mol. The molecule has 1 aliphatic heterocycles. The Bertz CT molecular complexity index is 2170. The van der Waals surface area contributed by atoms with Crippen LogP contribution in [0.25, 0.3) is 22.5 Å². The fourth-order valence-electron chi connectivity index (χ4n) is 5.21. The minimum absolute atomic E-state index is 0.0213. The molecule has 0 atom stereocenters. The molecule has 51 heavy (non-hydrogen) atoms. The number of nitrogens with zero attached hydrogens (tertiary/aromatic N) is 3. The average Bonchev–Trinajstić information content (AvgIpc) is 3.47. The van der Waals surface area contributed by atoms with Crippen LogP contribution in [-0.2, 0) is 30.8 Å². The van der Waals surface area contributed by atoms with Crippen LogP contribution in [-0.4, -0.2) is 72.1 Å². The van der Waals surface area contributed by atoms with Crippen molar-refractivity contribution in [2.24, 2.45) is 0 Å². The van der Waals surface area contributed by atoms with Crippen molar-refractivity contribution in [2.45, 2.75) is 16.3 Å². The van der Waals surface area contributed by atoms with Crippen molar-refractivity contribution in [3.8, 4) is 45.8 Å². The van der Waals surface area contributed by atoms with Crippen molar-refractivity contribution >= 4 is 34.1 Å². The van der Waals surface area contributed by atoms with Gasteiger partial charge in [-0.2, -0.15) is 18.4 Å². The van der Waals surface area contributed by atoms with E-state index in [0.29, 0.717) is 16.0 Å². The number of hydrogen-bond acceptors (Lipinski definition) is 15. The fourth-order valence-corrected chi connectivity index (χ4v) is 6.05. The van der Waals surface area contributed by atoms with Crippen molar-refractivity contribution in [3.05, 3.63) is 95.8 Å². The predicted molar refractivity (Wildman–Crippen MR) is 177 cm³/mol. The SMILES string of the molecule is COC(=O)c1c2c(c(C(=O)Oc3nc(-c4ccccc4)nc(OC)c3-c3ccc(S(=O)(=O)O)cc3)n1Cc1ccc(SOOO)cc1)OCCO2. The van der Waals surface area contributed by atoms with Crippen molar-refractivity contribution in [1.29, 1.82) is 0 Å². The zero-order valence-electron chi connectivity index (χ0n) is 26.7. The van der Waals surface area contributed by atoms with E-state index in [9.17, 15) is 22.6 Å². The van der Waals surface area contributed by atoms with Crippen LogP contribution >= 0.6 is 12.0 Å². The topological polar surface area (TPSA) is 204 Å². The highest BCUT2D eigenvalue weighted by Crippen LogP contribution is 2.43. The van der Waals surface area contributed by atoms with Gasteiger partial charge in [0.25, 0.3) is 10.1 Å².